The maximum absolute atomic E-state index is 13.4. The SMILES string of the molecule is COc1ccc2ncc(C)c([C@@H](O)CCC3(CO)CCN(CCCc4cc(F)c(F)c(F)c4)CC3)c2c1. The number of hydrogen-bond acceptors (Lipinski definition) is 5. The second-order valence-electron chi connectivity index (χ2n) is 10.3. The summed E-state index contributed by atoms with van der Waals surface area (Å²) in [5.41, 5.74) is 2.76. The Kier molecular flexibility index (Phi) is 8.72. The Morgan fingerprint density at radius 2 is 1.81 bits per heavy atom. The predicted octanol–water partition coefficient (Wildman–Crippen LogP) is 5.49. The average molecular weight is 517 g/mol. The smallest absolute Gasteiger partial charge is 0.194 e. The summed E-state index contributed by atoms with van der Waals surface area (Å²) >= 11 is 0. The third kappa shape index (κ3) is 6.25. The molecule has 8 heteroatoms. The number of ether oxygens (including phenoxy) is 1. The Morgan fingerprint density at radius 1 is 1.11 bits per heavy atom. The van der Waals surface area contributed by atoms with Crippen LogP contribution in [-0.4, -0.2) is 53.4 Å². The first-order valence-electron chi connectivity index (χ1n) is 12.8. The van der Waals surface area contributed by atoms with Crippen molar-refractivity contribution in [2.45, 2.75) is 51.6 Å². The van der Waals surface area contributed by atoms with Gasteiger partial charge in [0.25, 0.3) is 0 Å². The lowest BCUT2D eigenvalue weighted by molar-refractivity contribution is 0.0234. The summed E-state index contributed by atoms with van der Waals surface area (Å²) in [6, 6.07) is 7.76. The molecule has 3 aromatic rings. The molecule has 2 N–H and O–H groups in total. The normalized spacial score (nSPS) is 16.7. The summed E-state index contributed by atoms with van der Waals surface area (Å²) in [5, 5.41) is 22.4. The Balaban J connectivity index is 1.32. The summed E-state index contributed by atoms with van der Waals surface area (Å²) in [6.45, 7) is 4.37. The number of nitrogens with zero attached hydrogens (tertiary/aromatic N) is 2. The number of aliphatic hydroxyl groups is 2. The van der Waals surface area contributed by atoms with Gasteiger partial charge >= 0.3 is 0 Å². The van der Waals surface area contributed by atoms with E-state index >= 15 is 0 Å². The van der Waals surface area contributed by atoms with E-state index in [1.807, 2.05) is 25.1 Å². The third-order valence-electron chi connectivity index (χ3n) is 7.83. The molecule has 1 atom stereocenters. The van der Waals surface area contributed by atoms with Crippen LogP contribution in [-0.2, 0) is 6.42 Å². The summed E-state index contributed by atoms with van der Waals surface area (Å²) in [5.74, 6) is -3.03. The summed E-state index contributed by atoms with van der Waals surface area (Å²) in [6.07, 6.45) is 5.09. The quantitative estimate of drug-likeness (QED) is 0.349. The molecule has 0 saturated carbocycles. The minimum absolute atomic E-state index is 0.0611. The van der Waals surface area contributed by atoms with Crippen LogP contribution in [0.15, 0.2) is 36.5 Å². The van der Waals surface area contributed by atoms with Crippen LogP contribution >= 0.6 is 0 Å². The minimum Gasteiger partial charge on any atom is -0.497 e. The molecule has 1 fully saturated rings. The Labute approximate surface area is 215 Å². The van der Waals surface area contributed by atoms with Crippen LogP contribution in [0, 0.1) is 29.8 Å². The Morgan fingerprint density at radius 3 is 2.46 bits per heavy atom. The number of aromatic nitrogens is 1. The van der Waals surface area contributed by atoms with E-state index in [1.165, 1.54) is 0 Å². The zero-order valence-electron chi connectivity index (χ0n) is 21.4. The fourth-order valence-corrected chi connectivity index (χ4v) is 5.45. The van der Waals surface area contributed by atoms with Gasteiger partial charge in [0.1, 0.15) is 5.75 Å². The fraction of sp³-hybridized carbons (Fsp3) is 0.483. The highest BCUT2D eigenvalue weighted by Gasteiger charge is 2.34. The molecule has 200 valence electrons. The summed E-state index contributed by atoms with van der Waals surface area (Å²) < 4.78 is 45.4. The molecule has 5 nitrogen and oxygen atoms in total. The lowest BCUT2D eigenvalue weighted by Gasteiger charge is -2.41. The van der Waals surface area contributed by atoms with E-state index in [9.17, 15) is 23.4 Å². The van der Waals surface area contributed by atoms with Gasteiger partial charge in [0.2, 0.25) is 0 Å². The second-order valence-corrected chi connectivity index (χ2v) is 10.3. The van der Waals surface area contributed by atoms with E-state index in [0.29, 0.717) is 37.0 Å². The van der Waals surface area contributed by atoms with Gasteiger partial charge in [-0.05, 0) is 118 Å². The monoisotopic (exact) mass is 516 g/mol. The van der Waals surface area contributed by atoms with Crippen molar-refractivity contribution in [1.29, 1.82) is 0 Å². The van der Waals surface area contributed by atoms with Gasteiger partial charge in [-0.2, -0.15) is 0 Å². The molecule has 37 heavy (non-hydrogen) atoms. The molecule has 0 aliphatic carbocycles. The highest BCUT2D eigenvalue weighted by molar-refractivity contribution is 5.84. The number of aliphatic hydroxyl groups excluding tert-OH is 2. The van der Waals surface area contributed by atoms with Gasteiger partial charge in [0, 0.05) is 18.2 Å². The van der Waals surface area contributed by atoms with Gasteiger partial charge in [0.05, 0.1) is 18.7 Å². The van der Waals surface area contributed by atoms with E-state index in [0.717, 1.165) is 66.6 Å². The lowest BCUT2D eigenvalue weighted by atomic mass is 9.74. The molecule has 0 bridgehead atoms. The number of pyridine rings is 1. The second kappa shape index (κ2) is 11.8. The molecule has 1 saturated heterocycles. The Hall–Kier alpha value is -2.68. The van der Waals surface area contributed by atoms with E-state index in [1.54, 1.807) is 13.3 Å². The summed E-state index contributed by atoms with van der Waals surface area (Å²) in [7, 11) is 1.61. The Bertz CT molecular complexity index is 1210. The van der Waals surface area contributed by atoms with Gasteiger partial charge < -0.3 is 19.8 Å². The number of hydrogen-bond donors (Lipinski definition) is 2. The number of halogens is 3. The third-order valence-corrected chi connectivity index (χ3v) is 7.83. The molecule has 1 aliphatic rings. The van der Waals surface area contributed by atoms with Crippen LogP contribution in [0.5, 0.6) is 5.75 Å². The zero-order chi connectivity index (χ0) is 26.6. The number of rotatable bonds is 10. The molecule has 2 aromatic carbocycles. The predicted molar refractivity (Wildman–Crippen MR) is 137 cm³/mol. The first kappa shape index (κ1) is 27.4. The number of benzene rings is 2. The largest absolute Gasteiger partial charge is 0.497 e. The number of fused-ring (bicyclic) bond motifs is 1. The average Bonchev–Trinajstić information content (AvgIpc) is 2.90. The van der Waals surface area contributed by atoms with Crippen LogP contribution in [0.25, 0.3) is 10.9 Å². The van der Waals surface area contributed by atoms with E-state index < -0.39 is 23.6 Å². The number of aryl methyl sites for hydroxylation is 2. The maximum Gasteiger partial charge on any atom is 0.194 e. The zero-order valence-corrected chi connectivity index (χ0v) is 21.4. The van der Waals surface area contributed by atoms with Crippen molar-refractivity contribution in [2.75, 3.05) is 33.4 Å². The number of piperidine rings is 1. The van der Waals surface area contributed by atoms with E-state index in [-0.39, 0.29) is 12.0 Å². The fourth-order valence-electron chi connectivity index (χ4n) is 5.45. The number of methoxy groups -OCH3 is 1. The van der Waals surface area contributed by atoms with Crippen molar-refractivity contribution in [2.24, 2.45) is 5.41 Å². The van der Waals surface area contributed by atoms with Crippen LogP contribution in [0.3, 0.4) is 0 Å². The first-order valence-corrected chi connectivity index (χ1v) is 12.8. The van der Waals surface area contributed by atoms with Crippen molar-refractivity contribution in [3.8, 4) is 5.75 Å². The lowest BCUT2D eigenvalue weighted by Crippen LogP contribution is -2.42. The van der Waals surface area contributed by atoms with Crippen LogP contribution in [0.2, 0.25) is 0 Å². The molecule has 1 aromatic heterocycles. The molecular formula is C29H35F3N2O3. The van der Waals surface area contributed by atoms with Crippen LogP contribution < -0.4 is 4.74 Å². The van der Waals surface area contributed by atoms with Crippen LogP contribution in [0.4, 0.5) is 13.2 Å². The molecule has 2 heterocycles. The van der Waals surface area contributed by atoms with Gasteiger partial charge in [-0.3, -0.25) is 4.98 Å². The van der Waals surface area contributed by atoms with Crippen molar-refractivity contribution in [1.82, 2.24) is 9.88 Å². The summed E-state index contributed by atoms with van der Waals surface area (Å²) in [4.78, 5) is 6.76. The van der Waals surface area contributed by atoms with Crippen molar-refractivity contribution < 1.29 is 28.1 Å². The van der Waals surface area contributed by atoms with Gasteiger partial charge in [-0.15, -0.1) is 0 Å². The molecule has 4 rings (SSSR count). The van der Waals surface area contributed by atoms with Crippen molar-refractivity contribution in [3.05, 3.63) is 70.7 Å². The van der Waals surface area contributed by atoms with Gasteiger partial charge in [-0.1, -0.05) is 0 Å². The van der Waals surface area contributed by atoms with Crippen LogP contribution in [0.1, 0.15) is 54.9 Å². The van der Waals surface area contributed by atoms with Gasteiger partial charge in [0.15, 0.2) is 17.5 Å². The van der Waals surface area contributed by atoms with Gasteiger partial charge in [-0.25, -0.2) is 13.2 Å². The van der Waals surface area contributed by atoms with Crippen molar-refractivity contribution in [3.63, 3.8) is 0 Å². The van der Waals surface area contributed by atoms with Crippen molar-refractivity contribution >= 4 is 10.9 Å². The molecule has 0 amide bonds. The highest BCUT2D eigenvalue weighted by Crippen LogP contribution is 2.39. The number of likely N-dealkylation sites (tertiary alicyclic amines) is 1. The minimum atomic E-state index is -1.43. The molecular weight excluding hydrogens is 481 g/mol. The molecule has 0 unspecified atom stereocenters. The highest BCUT2D eigenvalue weighted by atomic mass is 19.2. The molecule has 0 radical (unpaired) electrons. The molecule has 1 aliphatic heterocycles. The molecule has 0 spiro atoms. The topological polar surface area (TPSA) is 65.8 Å². The first-order chi connectivity index (χ1) is 17.7. The van der Waals surface area contributed by atoms with E-state index in [2.05, 4.69) is 9.88 Å². The maximum atomic E-state index is 13.4. The standard InChI is InChI=1S/C29H35F3N2O3/c1-19-17-33-25-6-5-21(37-2)16-22(25)27(19)26(36)7-8-29(18-35)9-12-34(13-10-29)11-3-4-20-14-23(30)28(32)24(31)15-20/h5-6,14-17,26,35-36H,3-4,7-13,18H2,1-2H3/t26-/m0/s1. The van der Waals surface area contributed by atoms with E-state index in [4.69, 9.17) is 4.74 Å².